The Balaban J connectivity index is 1.40. The summed E-state index contributed by atoms with van der Waals surface area (Å²) in [7, 11) is 1.64. The molecule has 4 heterocycles. The lowest BCUT2D eigenvalue weighted by molar-refractivity contribution is 0.00726. The molecule has 1 aromatic carbocycles. The highest BCUT2D eigenvalue weighted by Crippen LogP contribution is 2.41. The normalized spacial score (nSPS) is 27.9. The van der Waals surface area contributed by atoms with E-state index in [0.717, 1.165) is 25.7 Å². The number of fused-ring (bicyclic) bond motifs is 3. The van der Waals surface area contributed by atoms with Gasteiger partial charge in [0.1, 0.15) is 11.9 Å². The topological polar surface area (TPSA) is 102 Å². The van der Waals surface area contributed by atoms with Crippen molar-refractivity contribution in [3.8, 4) is 22.9 Å². The number of nitrogens with zero attached hydrogens (tertiary/aromatic N) is 4. The molecule has 2 N–H and O–H groups in total. The average molecular weight is 422 g/mol. The first-order chi connectivity index (χ1) is 14.7. The second kappa shape index (κ2) is 7.02. The Kier molecular flexibility index (Phi) is 4.51. The number of nitrogens with one attached hydrogen (secondary N) is 1. The molecule has 0 unspecified atom stereocenters. The molecule has 0 aliphatic carbocycles. The van der Waals surface area contributed by atoms with Gasteiger partial charge in [-0.1, -0.05) is 0 Å². The molecule has 0 saturated carbocycles. The van der Waals surface area contributed by atoms with Gasteiger partial charge in [0.15, 0.2) is 0 Å². The van der Waals surface area contributed by atoms with E-state index in [4.69, 9.17) is 4.74 Å². The Morgan fingerprint density at radius 3 is 2.58 bits per heavy atom. The SMILES string of the molecule is Cn1cnc2cc(O)c(-c3ccc(O[C@H]4C[C@]5(C)CCC[C@](C)(C4)N5)nn3)cc2c1=O. The fraction of sp³-hybridized carbons (Fsp3) is 0.478. The van der Waals surface area contributed by atoms with Crippen molar-refractivity contribution < 1.29 is 9.84 Å². The maximum Gasteiger partial charge on any atom is 0.260 e. The molecule has 2 fully saturated rings. The van der Waals surface area contributed by atoms with Crippen molar-refractivity contribution in [3.05, 3.63) is 40.9 Å². The molecule has 3 atom stereocenters. The molecule has 31 heavy (non-hydrogen) atoms. The Bertz CT molecular complexity index is 1190. The van der Waals surface area contributed by atoms with Gasteiger partial charge in [0.05, 0.1) is 22.9 Å². The minimum absolute atomic E-state index is 0.00301. The molecular weight excluding hydrogens is 394 g/mol. The number of phenols is 1. The Morgan fingerprint density at radius 2 is 1.90 bits per heavy atom. The van der Waals surface area contributed by atoms with E-state index in [1.54, 1.807) is 25.2 Å². The number of piperidine rings is 2. The fourth-order valence-electron chi connectivity index (χ4n) is 5.34. The third kappa shape index (κ3) is 3.65. The second-order valence-electron chi connectivity index (χ2n) is 9.55. The number of aromatic nitrogens is 4. The molecule has 0 radical (unpaired) electrons. The van der Waals surface area contributed by atoms with Gasteiger partial charge in [-0.15, -0.1) is 10.2 Å². The molecule has 2 saturated heterocycles. The van der Waals surface area contributed by atoms with Gasteiger partial charge in [-0.25, -0.2) is 4.98 Å². The quantitative estimate of drug-likeness (QED) is 0.670. The predicted molar refractivity (Wildman–Crippen MR) is 117 cm³/mol. The van der Waals surface area contributed by atoms with E-state index in [2.05, 4.69) is 34.3 Å². The first-order valence-corrected chi connectivity index (χ1v) is 10.7. The number of phenolic OH excluding ortho intramolecular Hbond substituents is 1. The zero-order valence-corrected chi connectivity index (χ0v) is 18.1. The first-order valence-electron chi connectivity index (χ1n) is 10.7. The van der Waals surface area contributed by atoms with Crippen molar-refractivity contribution in [1.29, 1.82) is 0 Å². The summed E-state index contributed by atoms with van der Waals surface area (Å²) in [5.74, 6) is 0.474. The van der Waals surface area contributed by atoms with Crippen LogP contribution >= 0.6 is 0 Å². The van der Waals surface area contributed by atoms with Gasteiger partial charge in [0.2, 0.25) is 5.88 Å². The largest absolute Gasteiger partial charge is 0.507 e. The Labute approximate surface area is 180 Å². The van der Waals surface area contributed by atoms with E-state index in [-0.39, 0.29) is 28.5 Å². The van der Waals surface area contributed by atoms with Gasteiger partial charge in [0.25, 0.3) is 5.56 Å². The maximum absolute atomic E-state index is 12.4. The molecule has 8 nitrogen and oxygen atoms in total. The van der Waals surface area contributed by atoms with Crippen LogP contribution in [0.1, 0.15) is 46.0 Å². The zero-order chi connectivity index (χ0) is 21.8. The summed E-state index contributed by atoms with van der Waals surface area (Å²) >= 11 is 0. The van der Waals surface area contributed by atoms with Crippen molar-refractivity contribution in [2.45, 2.75) is 63.1 Å². The van der Waals surface area contributed by atoms with Crippen LogP contribution in [0.25, 0.3) is 22.2 Å². The van der Waals surface area contributed by atoms with Crippen LogP contribution in [0.4, 0.5) is 0 Å². The van der Waals surface area contributed by atoms with Crippen molar-refractivity contribution in [3.63, 3.8) is 0 Å². The third-order valence-electron chi connectivity index (χ3n) is 6.66. The molecule has 0 amide bonds. The molecule has 162 valence electrons. The lowest BCUT2D eigenvalue weighted by atomic mass is 9.70. The molecular formula is C23H27N5O3. The maximum atomic E-state index is 12.4. The monoisotopic (exact) mass is 421 g/mol. The molecule has 2 aliphatic rings. The van der Waals surface area contributed by atoms with Gasteiger partial charge in [-0.2, -0.15) is 0 Å². The van der Waals surface area contributed by atoms with Gasteiger partial charge < -0.3 is 19.7 Å². The molecule has 3 aromatic rings. The van der Waals surface area contributed by atoms with Gasteiger partial charge in [-0.05, 0) is 45.2 Å². The van der Waals surface area contributed by atoms with Crippen molar-refractivity contribution in [2.75, 3.05) is 0 Å². The Hall–Kier alpha value is -3.00. The summed E-state index contributed by atoms with van der Waals surface area (Å²) in [5, 5.41) is 23.2. The van der Waals surface area contributed by atoms with Crippen LogP contribution in [-0.2, 0) is 7.05 Å². The number of rotatable bonds is 3. The summed E-state index contributed by atoms with van der Waals surface area (Å²) in [4.78, 5) is 16.6. The molecule has 2 aliphatic heterocycles. The van der Waals surface area contributed by atoms with E-state index in [1.165, 1.54) is 23.4 Å². The first kappa shape index (κ1) is 19.9. The van der Waals surface area contributed by atoms with Gasteiger partial charge in [-0.3, -0.25) is 4.79 Å². The highest BCUT2D eigenvalue weighted by atomic mass is 16.5. The van der Waals surface area contributed by atoms with E-state index < -0.39 is 0 Å². The van der Waals surface area contributed by atoms with E-state index in [1.807, 2.05) is 0 Å². The average Bonchev–Trinajstić information content (AvgIpc) is 2.70. The number of hydrogen-bond acceptors (Lipinski definition) is 7. The second-order valence-corrected chi connectivity index (χ2v) is 9.55. The predicted octanol–water partition coefficient (Wildman–Crippen LogP) is 2.93. The van der Waals surface area contributed by atoms with Crippen LogP contribution < -0.4 is 15.6 Å². The summed E-state index contributed by atoms with van der Waals surface area (Å²) in [6.07, 6.45) is 6.95. The third-order valence-corrected chi connectivity index (χ3v) is 6.66. The molecule has 2 aromatic heterocycles. The number of aromatic hydroxyl groups is 1. The molecule has 5 rings (SSSR count). The minimum Gasteiger partial charge on any atom is -0.507 e. The van der Waals surface area contributed by atoms with Gasteiger partial charge >= 0.3 is 0 Å². The smallest absolute Gasteiger partial charge is 0.260 e. The zero-order valence-electron chi connectivity index (χ0n) is 18.1. The van der Waals surface area contributed by atoms with Crippen molar-refractivity contribution >= 4 is 10.9 Å². The summed E-state index contributed by atoms with van der Waals surface area (Å²) in [6, 6.07) is 6.62. The number of ether oxygens (including phenoxy) is 1. The van der Waals surface area contributed by atoms with Crippen LogP contribution in [0.2, 0.25) is 0 Å². The lowest BCUT2D eigenvalue weighted by Crippen LogP contribution is -2.65. The number of benzene rings is 1. The van der Waals surface area contributed by atoms with Crippen LogP contribution in [0.15, 0.2) is 35.4 Å². The summed E-state index contributed by atoms with van der Waals surface area (Å²) in [5.41, 5.74) is 1.36. The van der Waals surface area contributed by atoms with Crippen LogP contribution in [0.3, 0.4) is 0 Å². The van der Waals surface area contributed by atoms with Crippen LogP contribution in [-0.4, -0.2) is 42.0 Å². The molecule has 2 bridgehead atoms. The van der Waals surface area contributed by atoms with Crippen LogP contribution in [0, 0.1) is 0 Å². The fourth-order valence-corrected chi connectivity index (χ4v) is 5.34. The minimum atomic E-state index is -0.183. The van der Waals surface area contributed by atoms with E-state index in [9.17, 15) is 9.90 Å². The number of aryl methyl sites for hydroxylation is 1. The van der Waals surface area contributed by atoms with Crippen molar-refractivity contribution in [2.24, 2.45) is 7.05 Å². The standard InChI is InChI=1S/C23H27N5O3/c1-22-7-4-8-23(2,27-22)12-14(11-22)31-20-6-5-17(25-26-20)15-9-16-18(10-19(15)29)24-13-28(3)21(16)30/h5-6,9-10,13-14,27,29H,4,7-8,11-12H2,1-3H3/t14-,22-,23+. The summed E-state index contributed by atoms with van der Waals surface area (Å²) < 4.78 is 7.61. The highest BCUT2D eigenvalue weighted by molar-refractivity contribution is 5.86. The van der Waals surface area contributed by atoms with E-state index in [0.29, 0.717) is 28.0 Å². The van der Waals surface area contributed by atoms with E-state index >= 15 is 0 Å². The van der Waals surface area contributed by atoms with Gasteiger partial charge in [0, 0.05) is 48.7 Å². The highest BCUT2D eigenvalue weighted by Gasteiger charge is 2.46. The molecule has 0 spiro atoms. The van der Waals surface area contributed by atoms with Crippen LogP contribution in [0.5, 0.6) is 11.6 Å². The lowest BCUT2D eigenvalue weighted by Gasteiger charge is -2.53. The summed E-state index contributed by atoms with van der Waals surface area (Å²) in [6.45, 7) is 4.55. The van der Waals surface area contributed by atoms with Crippen molar-refractivity contribution in [1.82, 2.24) is 25.1 Å². The number of hydrogen-bond donors (Lipinski definition) is 2. The molecule has 8 heteroatoms. The Morgan fingerprint density at radius 1 is 1.16 bits per heavy atom.